The molecule has 1 aromatic carbocycles. The van der Waals surface area contributed by atoms with Crippen molar-refractivity contribution >= 4 is 17.6 Å². The molecule has 3 heterocycles. The average molecular weight is 349 g/mol. The van der Waals surface area contributed by atoms with E-state index in [1.807, 2.05) is 12.1 Å². The van der Waals surface area contributed by atoms with E-state index < -0.39 is 0 Å². The highest BCUT2D eigenvalue weighted by atomic mass is 16.3. The van der Waals surface area contributed by atoms with Gasteiger partial charge >= 0.3 is 0 Å². The summed E-state index contributed by atoms with van der Waals surface area (Å²) in [5.74, 6) is 2.12. The third-order valence-electron chi connectivity index (χ3n) is 3.48. The quantitative estimate of drug-likeness (QED) is 0.455. The van der Waals surface area contributed by atoms with Gasteiger partial charge in [-0.25, -0.2) is 4.98 Å². The zero-order chi connectivity index (χ0) is 17.8. The fraction of sp³-hybridized carbons (Fsp3) is 0.0588. The number of nitrogens with one attached hydrogen (secondary N) is 2. The maximum Gasteiger partial charge on any atom is 0.241 e. The molecule has 0 bridgehead atoms. The van der Waals surface area contributed by atoms with Crippen LogP contribution in [0.3, 0.4) is 0 Å². The molecule has 3 aromatic heterocycles. The highest BCUT2D eigenvalue weighted by Gasteiger charge is 2.09. The zero-order valence-electron chi connectivity index (χ0n) is 13.6. The van der Waals surface area contributed by atoms with Crippen molar-refractivity contribution in [3.63, 3.8) is 0 Å². The summed E-state index contributed by atoms with van der Waals surface area (Å²) in [4.78, 5) is 17.2. The second-order valence-electron chi connectivity index (χ2n) is 5.36. The van der Waals surface area contributed by atoms with E-state index in [1.54, 1.807) is 53.8 Å². The Morgan fingerprint density at radius 2 is 1.88 bits per heavy atom. The Morgan fingerprint density at radius 1 is 1.04 bits per heavy atom. The maximum atomic E-state index is 9.40. The predicted octanol–water partition coefficient (Wildman–Crippen LogP) is 2.71. The molecular formula is C17H15N7O2. The molecule has 0 spiro atoms. The number of phenols is 1. The van der Waals surface area contributed by atoms with Crippen molar-refractivity contribution in [2.24, 2.45) is 0 Å². The summed E-state index contributed by atoms with van der Waals surface area (Å²) in [6.45, 7) is 0.443. The van der Waals surface area contributed by atoms with Crippen molar-refractivity contribution in [2.75, 3.05) is 10.6 Å². The van der Waals surface area contributed by atoms with E-state index in [0.717, 1.165) is 11.4 Å². The van der Waals surface area contributed by atoms with Crippen LogP contribution in [0, 0.1) is 0 Å². The minimum atomic E-state index is 0.186. The minimum absolute atomic E-state index is 0.186. The molecule has 0 atom stereocenters. The number of aromatic hydroxyl groups is 1. The van der Waals surface area contributed by atoms with E-state index in [0.29, 0.717) is 24.4 Å². The molecule has 130 valence electrons. The van der Waals surface area contributed by atoms with Gasteiger partial charge in [-0.15, -0.1) is 0 Å². The SMILES string of the molecule is Oc1ccc(Nc2nc(NCc3ccco3)nc(-n3ccnc3)n2)cc1. The number of furan rings is 1. The van der Waals surface area contributed by atoms with Crippen molar-refractivity contribution in [3.8, 4) is 11.7 Å². The van der Waals surface area contributed by atoms with E-state index in [4.69, 9.17) is 4.42 Å². The maximum absolute atomic E-state index is 9.40. The summed E-state index contributed by atoms with van der Waals surface area (Å²) in [5.41, 5.74) is 0.738. The topological polar surface area (TPSA) is 114 Å². The molecule has 9 heteroatoms. The van der Waals surface area contributed by atoms with Crippen LogP contribution in [0.25, 0.3) is 5.95 Å². The Hall–Kier alpha value is -3.88. The molecule has 0 saturated heterocycles. The molecule has 0 aliphatic carbocycles. The van der Waals surface area contributed by atoms with Crippen LogP contribution in [-0.2, 0) is 6.54 Å². The van der Waals surface area contributed by atoms with E-state index in [2.05, 4.69) is 30.6 Å². The fourth-order valence-electron chi connectivity index (χ4n) is 2.25. The molecular weight excluding hydrogens is 334 g/mol. The molecule has 0 fully saturated rings. The Morgan fingerprint density at radius 3 is 2.62 bits per heavy atom. The minimum Gasteiger partial charge on any atom is -0.508 e. The average Bonchev–Trinajstić information content (AvgIpc) is 3.36. The van der Waals surface area contributed by atoms with Crippen LogP contribution >= 0.6 is 0 Å². The first-order chi connectivity index (χ1) is 12.8. The molecule has 0 aliphatic heterocycles. The lowest BCUT2D eigenvalue weighted by atomic mass is 10.3. The standard InChI is InChI=1S/C17H15N7O2/c25-13-5-3-12(4-6-13)20-16-21-15(19-10-14-2-1-9-26-14)22-17(23-16)24-8-7-18-11-24/h1-9,11,25H,10H2,(H2,19,20,21,22,23). The van der Waals surface area contributed by atoms with E-state index in [9.17, 15) is 5.11 Å². The molecule has 26 heavy (non-hydrogen) atoms. The Labute approximate surface area is 148 Å². The van der Waals surface area contributed by atoms with Crippen LogP contribution in [-0.4, -0.2) is 29.6 Å². The molecule has 3 N–H and O–H groups in total. The lowest BCUT2D eigenvalue weighted by molar-refractivity contribution is 0.475. The van der Waals surface area contributed by atoms with E-state index in [-0.39, 0.29) is 5.75 Å². The molecule has 4 rings (SSSR count). The van der Waals surface area contributed by atoms with Crippen LogP contribution < -0.4 is 10.6 Å². The van der Waals surface area contributed by atoms with Crippen molar-refractivity contribution in [3.05, 3.63) is 67.1 Å². The third kappa shape index (κ3) is 3.61. The van der Waals surface area contributed by atoms with Gasteiger partial charge in [-0.05, 0) is 36.4 Å². The predicted molar refractivity (Wildman–Crippen MR) is 94.4 cm³/mol. The first kappa shape index (κ1) is 15.6. The lowest BCUT2D eigenvalue weighted by Crippen LogP contribution is -2.10. The van der Waals surface area contributed by atoms with Crippen LogP contribution in [0.2, 0.25) is 0 Å². The van der Waals surface area contributed by atoms with Gasteiger partial charge in [-0.3, -0.25) is 4.57 Å². The summed E-state index contributed by atoms with van der Waals surface area (Å²) in [5, 5.41) is 15.6. The molecule has 0 unspecified atom stereocenters. The highest BCUT2D eigenvalue weighted by molar-refractivity contribution is 5.55. The lowest BCUT2D eigenvalue weighted by Gasteiger charge is -2.10. The van der Waals surface area contributed by atoms with E-state index >= 15 is 0 Å². The van der Waals surface area contributed by atoms with Gasteiger partial charge in [0.05, 0.1) is 12.8 Å². The monoisotopic (exact) mass is 349 g/mol. The van der Waals surface area contributed by atoms with Gasteiger partial charge < -0.3 is 20.2 Å². The Balaban J connectivity index is 1.62. The summed E-state index contributed by atoms with van der Waals surface area (Å²) in [6, 6.07) is 10.3. The van der Waals surface area contributed by atoms with Crippen molar-refractivity contribution in [1.82, 2.24) is 24.5 Å². The molecule has 0 amide bonds. The van der Waals surface area contributed by atoms with Gasteiger partial charge in [0.1, 0.15) is 17.8 Å². The second-order valence-corrected chi connectivity index (χ2v) is 5.36. The van der Waals surface area contributed by atoms with Gasteiger partial charge in [-0.2, -0.15) is 15.0 Å². The number of hydrogen-bond acceptors (Lipinski definition) is 8. The fourth-order valence-corrected chi connectivity index (χ4v) is 2.25. The molecule has 0 radical (unpaired) electrons. The molecule has 4 aromatic rings. The zero-order valence-corrected chi connectivity index (χ0v) is 13.6. The molecule has 0 saturated carbocycles. The molecule has 9 nitrogen and oxygen atoms in total. The van der Waals surface area contributed by atoms with Gasteiger partial charge in [0.15, 0.2) is 0 Å². The number of rotatable bonds is 6. The largest absolute Gasteiger partial charge is 0.508 e. The number of benzene rings is 1. The number of imidazole rings is 1. The van der Waals surface area contributed by atoms with E-state index in [1.165, 1.54) is 0 Å². The van der Waals surface area contributed by atoms with Crippen molar-refractivity contribution in [2.45, 2.75) is 6.54 Å². The van der Waals surface area contributed by atoms with Crippen molar-refractivity contribution < 1.29 is 9.52 Å². The van der Waals surface area contributed by atoms with Gasteiger partial charge in [0.25, 0.3) is 0 Å². The van der Waals surface area contributed by atoms with Gasteiger partial charge in [0.2, 0.25) is 17.8 Å². The summed E-state index contributed by atoms with van der Waals surface area (Å²) in [7, 11) is 0. The summed E-state index contributed by atoms with van der Waals surface area (Å²) < 4.78 is 6.99. The molecule has 0 aliphatic rings. The first-order valence-corrected chi connectivity index (χ1v) is 7.83. The Bertz CT molecular complexity index is 967. The number of nitrogens with zero attached hydrogens (tertiary/aromatic N) is 5. The second kappa shape index (κ2) is 6.93. The van der Waals surface area contributed by atoms with Crippen LogP contribution in [0.5, 0.6) is 5.75 Å². The smallest absolute Gasteiger partial charge is 0.241 e. The first-order valence-electron chi connectivity index (χ1n) is 7.83. The van der Waals surface area contributed by atoms with Gasteiger partial charge in [0, 0.05) is 18.1 Å². The number of hydrogen-bond donors (Lipinski definition) is 3. The normalized spacial score (nSPS) is 10.6. The number of phenolic OH excluding ortho intramolecular Hbond substituents is 1. The van der Waals surface area contributed by atoms with Gasteiger partial charge in [-0.1, -0.05) is 0 Å². The van der Waals surface area contributed by atoms with Crippen molar-refractivity contribution in [1.29, 1.82) is 0 Å². The highest BCUT2D eigenvalue weighted by Crippen LogP contribution is 2.18. The number of anilines is 3. The van der Waals surface area contributed by atoms with Crippen LogP contribution in [0.4, 0.5) is 17.6 Å². The van der Waals surface area contributed by atoms with Crippen LogP contribution in [0.15, 0.2) is 65.8 Å². The Kier molecular flexibility index (Phi) is 4.17. The third-order valence-corrected chi connectivity index (χ3v) is 3.48. The summed E-state index contributed by atoms with van der Waals surface area (Å²) >= 11 is 0. The summed E-state index contributed by atoms with van der Waals surface area (Å²) in [6.07, 6.45) is 6.61. The number of aromatic nitrogens is 5. The van der Waals surface area contributed by atoms with Crippen LogP contribution in [0.1, 0.15) is 5.76 Å².